The van der Waals surface area contributed by atoms with Gasteiger partial charge in [0.1, 0.15) is 5.69 Å². The topological polar surface area (TPSA) is 42.0 Å². The van der Waals surface area contributed by atoms with Crippen molar-refractivity contribution in [1.82, 2.24) is 10.3 Å². The highest BCUT2D eigenvalue weighted by Crippen LogP contribution is 2.12. The maximum atomic E-state index is 11.7. The normalized spacial score (nSPS) is 10.1. The van der Waals surface area contributed by atoms with Crippen molar-refractivity contribution < 1.29 is 4.79 Å². The SMILES string of the molecule is CCCCCCNC(=O)c1ncccc1Br. The first-order valence-electron chi connectivity index (χ1n) is 5.64. The predicted octanol–water partition coefficient (Wildman–Crippen LogP) is 3.15. The Labute approximate surface area is 105 Å². The van der Waals surface area contributed by atoms with Gasteiger partial charge in [-0.2, -0.15) is 0 Å². The molecule has 0 aliphatic heterocycles. The smallest absolute Gasteiger partial charge is 0.271 e. The molecular formula is C12H17BrN2O. The molecule has 0 bridgehead atoms. The summed E-state index contributed by atoms with van der Waals surface area (Å²) in [7, 11) is 0. The number of rotatable bonds is 6. The summed E-state index contributed by atoms with van der Waals surface area (Å²) in [5.74, 6) is -0.107. The van der Waals surface area contributed by atoms with Gasteiger partial charge in [0.05, 0.1) is 0 Å². The van der Waals surface area contributed by atoms with Gasteiger partial charge in [-0.05, 0) is 34.5 Å². The van der Waals surface area contributed by atoms with Gasteiger partial charge in [-0.1, -0.05) is 26.2 Å². The molecule has 0 atom stereocenters. The van der Waals surface area contributed by atoms with Crippen molar-refractivity contribution in [3.05, 3.63) is 28.5 Å². The van der Waals surface area contributed by atoms with Crippen LogP contribution in [0, 0.1) is 0 Å². The molecule has 1 N–H and O–H groups in total. The lowest BCUT2D eigenvalue weighted by molar-refractivity contribution is 0.0947. The Morgan fingerprint density at radius 3 is 2.94 bits per heavy atom. The molecule has 0 radical (unpaired) electrons. The molecule has 1 amide bonds. The molecule has 1 aromatic rings. The van der Waals surface area contributed by atoms with Crippen molar-refractivity contribution in [3.63, 3.8) is 0 Å². The Bertz CT molecular complexity index is 342. The van der Waals surface area contributed by atoms with E-state index in [1.807, 2.05) is 6.07 Å². The van der Waals surface area contributed by atoms with Gasteiger partial charge in [0.15, 0.2) is 0 Å². The lowest BCUT2D eigenvalue weighted by Crippen LogP contribution is -2.25. The molecule has 0 aliphatic rings. The summed E-state index contributed by atoms with van der Waals surface area (Å²) in [6.45, 7) is 2.89. The number of nitrogens with zero attached hydrogens (tertiary/aromatic N) is 1. The highest BCUT2D eigenvalue weighted by molar-refractivity contribution is 9.10. The monoisotopic (exact) mass is 284 g/mol. The molecule has 0 spiro atoms. The minimum absolute atomic E-state index is 0.107. The highest BCUT2D eigenvalue weighted by atomic mass is 79.9. The van der Waals surface area contributed by atoms with Crippen molar-refractivity contribution in [2.24, 2.45) is 0 Å². The van der Waals surface area contributed by atoms with E-state index in [0.29, 0.717) is 5.69 Å². The summed E-state index contributed by atoms with van der Waals surface area (Å²) in [4.78, 5) is 15.7. The Kier molecular flexibility index (Phi) is 6.08. The Balaban J connectivity index is 2.33. The molecular weight excluding hydrogens is 268 g/mol. The number of hydrogen-bond donors (Lipinski definition) is 1. The molecule has 0 aliphatic carbocycles. The van der Waals surface area contributed by atoms with Crippen LogP contribution in [0.2, 0.25) is 0 Å². The van der Waals surface area contributed by atoms with E-state index in [0.717, 1.165) is 17.4 Å². The van der Waals surface area contributed by atoms with Crippen molar-refractivity contribution in [2.75, 3.05) is 6.54 Å². The second-order valence-electron chi connectivity index (χ2n) is 3.65. The van der Waals surface area contributed by atoms with Crippen LogP contribution in [0.4, 0.5) is 0 Å². The third kappa shape index (κ3) is 4.31. The number of carbonyl (C=O) groups excluding carboxylic acids is 1. The molecule has 4 heteroatoms. The van der Waals surface area contributed by atoms with Gasteiger partial charge in [-0.25, -0.2) is 4.98 Å². The largest absolute Gasteiger partial charge is 0.351 e. The second-order valence-corrected chi connectivity index (χ2v) is 4.50. The zero-order chi connectivity index (χ0) is 11.8. The van der Waals surface area contributed by atoms with Crippen LogP contribution < -0.4 is 5.32 Å². The Hall–Kier alpha value is -0.900. The van der Waals surface area contributed by atoms with Gasteiger partial charge < -0.3 is 5.32 Å². The number of carbonyl (C=O) groups is 1. The second kappa shape index (κ2) is 7.39. The summed E-state index contributed by atoms with van der Waals surface area (Å²) < 4.78 is 0.737. The minimum Gasteiger partial charge on any atom is -0.351 e. The fourth-order valence-corrected chi connectivity index (χ4v) is 1.83. The molecule has 0 saturated carbocycles. The lowest BCUT2D eigenvalue weighted by atomic mass is 10.2. The fourth-order valence-electron chi connectivity index (χ4n) is 1.39. The molecule has 0 unspecified atom stereocenters. The average molecular weight is 285 g/mol. The van der Waals surface area contributed by atoms with Crippen LogP contribution in [0.1, 0.15) is 43.1 Å². The van der Waals surface area contributed by atoms with E-state index in [2.05, 4.69) is 33.2 Å². The van der Waals surface area contributed by atoms with Gasteiger partial charge >= 0.3 is 0 Å². The van der Waals surface area contributed by atoms with Gasteiger partial charge in [0.25, 0.3) is 5.91 Å². The van der Waals surface area contributed by atoms with Crippen LogP contribution in [0.3, 0.4) is 0 Å². The predicted molar refractivity (Wildman–Crippen MR) is 68.4 cm³/mol. The van der Waals surface area contributed by atoms with Crippen LogP contribution in [-0.2, 0) is 0 Å². The van der Waals surface area contributed by atoms with Gasteiger partial charge in [0, 0.05) is 17.2 Å². The van der Waals surface area contributed by atoms with Crippen molar-refractivity contribution >= 4 is 21.8 Å². The van der Waals surface area contributed by atoms with Crippen LogP contribution >= 0.6 is 15.9 Å². The number of pyridine rings is 1. The van der Waals surface area contributed by atoms with Crippen molar-refractivity contribution in [1.29, 1.82) is 0 Å². The Morgan fingerprint density at radius 2 is 2.25 bits per heavy atom. The maximum absolute atomic E-state index is 11.7. The summed E-state index contributed by atoms with van der Waals surface area (Å²) in [5.41, 5.74) is 0.456. The van der Waals surface area contributed by atoms with Crippen molar-refractivity contribution in [3.8, 4) is 0 Å². The highest BCUT2D eigenvalue weighted by Gasteiger charge is 2.09. The first-order valence-corrected chi connectivity index (χ1v) is 6.43. The number of hydrogen-bond acceptors (Lipinski definition) is 2. The zero-order valence-electron chi connectivity index (χ0n) is 9.50. The summed E-state index contributed by atoms with van der Waals surface area (Å²) >= 11 is 3.31. The average Bonchev–Trinajstić information content (AvgIpc) is 2.29. The molecule has 0 saturated heterocycles. The number of amides is 1. The maximum Gasteiger partial charge on any atom is 0.271 e. The number of unbranched alkanes of at least 4 members (excludes halogenated alkanes) is 3. The number of nitrogens with one attached hydrogen (secondary N) is 1. The standard InChI is InChI=1S/C12H17BrN2O/c1-2-3-4-5-8-15-12(16)11-10(13)7-6-9-14-11/h6-7,9H,2-5,8H2,1H3,(H,15,16). The summed E-state index contributed by atoms with van der Waals surface area (Å²) in [5, 5.41) is 2.87. The van der Waals surface area contributed by atoms with E-state index in [1.165, 1.54) is 19.3 Å². The van der Waals surface area contributed by atoms with E-state index < -0.39 is 0 Å². The molecule has 0 fully saturated rings. The summed E-state index contributed by atoms with van der Waals surface area (Å²) in [6, 6.07) is 3.61. The number of aromatic nitrogens is 1. The molecule has 0 aromatic carbocycles. The van der Waals surface area contributed by atoms with Gasteiger partial charge in [0.2, 0.25) is 0 Å². The fraction of sp³-hybridized carbons (Fsp3) is 0.500. The van der Waals surface area contributed by atoms with E-state index in [9.17, 15) is 4.79 Å². The van der Waals surface area contributed by atoms with Crippen LogP contribution in [0.15, 0.2) is 22.8 Å². The third-order valence-corrected chi connectivity index (χ3v) is 2.93. The van der Waals surface area contributed by atoms with Crippen molar-refractivity contribution in [2.45, 2.75) is 32.6 Å². The lowest BCUT2D eigenvalue weighted by Gasteiger charge is -2.05. The van der Waals surface area contributed by atoms with Crippen LogP contribution in [0.25, 0.3) is 0 Å². The van der Waals surface area contributed by atoms with E-state index >= 15 is 0 Å². The first kappa shape index (κ1) is 13.2. The van der Waals surface area contributed by atoms with Crippen LogP contribution in [0.5, 0.6) is 0 Å². The van der Waals surface area contributed by atoms with E-state index in [1.54, 1.807) is 12.3 Å². The van der Waals surface area contributed by atoms with Crippen LogP contribution in [-0.4, -0.2) is 17.4 Å². The molecule has 1 rings (SSSR count). The molecule has 16 heavy (non-hydrogen) atoms. The van der Waals surface area contributed by atoms with Gasteiger partial charge in [-0.3, -0.25) is 4.79 Å². The first-order chi connectivity index (χ1) is 7.75. The molecule has 1 heterocycles. The third-order valence-electron chi connectivity index (χ3n) is 2.29. The Morgan fingerprint density at radius 1 is 1.44 bits per heavy atom. The van der Waals surface area contributed by atoms with Gasteiger partial charge in [-0.15, -0.1) is 0 Å². The quantitative estimate of drug-likeness (QED) is 0.816. The molecule has 3 nitrogen and oxygen atoms in total. The minimum atomic E-state index is -0.107. The number of halogens is 1. The van der Waals surface area contributed by atoms with E-state index in [4.69, 9.17) is 0 Å². The van der Waals surface area contributed by atoms with E-state index in [-0.39, 0.29) is 5.91 Å². The summed E-state index contributed by atoms with van der Waals surface area (Å²) in [6.07, 6.45) is 6.25. The zero-order valence-corrected chi connectivity index (χ0v) is 11.1. The molecule has 88 valence electrons. The molecule has 1 aromatic heterocycles.